The van der Waals surface area contributed by atoms with Crippen LogP contribution >= 0.6 is 0 Å². The van der Waals surface area contributed by atoms with Crippen LogP contribution in [0.2, 0.25) is 0 Å². The molecule has 0 bridgehead atoms. The molecule has 0 aromatic carbocycles. The molecule has 0 aliphatic rings. The van der Waals surface area contributed by atoms with E-state index in [9.17, 15) is 4.79 Å². The molecule has 6 heteroatoms. The van der Waals surface area contributed by atoms with Crippen molar-refractivity contribution in [2.24, 2.45) is 0 Å². The van der Waals surface area contributed by atoms with Gasteiger partial charge in [0, 0.05) is 12.6 Å². The van der Waals surface area contributed by atoms with Gasteiger partial charge in [0.05, 0.1) is 19.4 Å². The first-order valence-electron chi connectivity index (χ1n) is 5.77. The van der Waals surface area contributed by atoms with Gasteiger partial charge >= 0.3 is 5.97 Å². The number of hydrogen-bond donors (Lipinski definition) is 2. The maximum Gasteiger partial charge on any atom is 0.356 e. The second-order valence-electron chi connectivity index (χ2n) is 3.83. The molecule has 0 fully saturated rings. The number of nitrogens with one attached hydrogen (secondary N) is 1. The van der Waals surface area contributed by atoms with Gasteiger partial charge in [0.15, 0.2) is 5.69 Å². The molecule has 1 aromatic rings. The van der Waals surface area contributed by atoms with Crippen LogP contribution in [0.5, 0.6) is 0 Å². The van der Waals surface area contributed by atoms with Crippen LogP contribution in [-0.4, -0.2) is 37.3 Å². The van der Waals surface area contributed by atoms with Crippen LogP contribution in [0, 0.1) is 0 Å². The lowest BCUT2D eigenvalue weighted by Gasteiger charge is -2.16. The summed E-state index contributed by atoms with van der Waals surface area (Å²) in [7, 11) is 1.31. The van der Waals surface area contributed by atoms with Gasteiger partial charge in [-0.2, -0.15) is 0 Å². The monoisotopic (exact) mass is 253 g/mol. The minimum absolute atomic E-state index is 0.0487. The van der Waals surface area contributed by atoms with Gasteiger partial charge in [0.25, 0.3) is 0 Å². The molecule has 0 saturated carbocycles. The van der Waals surface area contributed by atoms with Crippen LogP contribution in [0.3, 0.4) is 0 Å². The molecule has 1 atom stereocenters. The first kappa shape index (κ1) is 14.2. The summed E-state index contributed by atoms with van der Waals surface area (Å²) >= 11 is 0. The molecule has 3 N–H and O–H groups in total. The summed E-state index contributed by atoms with van der Waals surface area (Å²) < 4.78 is 9.89. The second kappa shape index (κ2) is 6.80. The molecule has 0 amide bonds. The molecule has 1 heterocycles. The molecule has 0 spiro atoms. The van der Waals surface area contributed by atoms with E-state index in [1.807, 2.05) is 13.8 Å². The summed E-state index contributed by atoms with van der Waals surface area (Å²) in [6.45, 7) is 5.07. The highest BCUT2D eigenvalue weighted by molar-refractivity contribution is 5.88. The Morgan fingerprint density at radius 1 is 1.56 bits per heavy atom. The Kier molecular flexibility index (Phi) is 5.38. The van der Waals surface area contributed by atoms with Crippen molar-refractivity contribution >= 4 is 17.5 Å². The Bertz CT molecular complexity index is 410. The zero-order chi connectivity index (χ0) is 13.5. The number of hydrogen-bond acceptors (Lipinski definition) is 6. The van der Waals surface area contributed by atoms with E-state index < -0.39 is 5.97 Å². The topological polar surface area (TPSA) is 86.5 Å². The zero-order valence-corrected chi connectivity index (χ0v) is 10.9. The number of ether oxygens (including phenoxy) is 2. The smallest absolute Gasteiger partial charge is 0.356 e. The number of nitrogens with two attached hydrogens (primary N) is 1. The Hall–Kier alpha value is -1.82. The molecule has 18 heavy (non-hydrogen) atoms. The molecule has 1 aromatic heterocycles. The van der Waals surface area contributed by atoms with Crippen molar-refractivity contribution in [1.82, 2.24) is 4.98 Å². The molecular formula is C12H19N3O3. The number of esters is 1. The van der Waals surface area contributed by atoms with Gasteiger partial charge in [0.2, 0.25) is 0 Å². The third-order valence-corrected chi connectivity index (χ3v) is 2.28. The minimum atomic E-state index is -0.490. The number of nitrogen functional groups attached to an aromatic ring is 1. The number of rotatable bonds is 6. The predicted molar refractivity (Wildman–Crippen MR) is 69.6 cm³/mol. The Morgan fingerprint density at radius 3 is 2.89 bits per heavy atom. The maximum atomic E-state index is 11.4. The van der Waals surface area contributed by atoms with Crippen molar-refractivity contribution in [3.63, 3.8) is 0 Å². The summed E-state index contributed by atoms with van der Waals surface area (Å²) in [5.74, 6) is -0.0272. The fourth-order valence-electron chi connectivity index (χ4n) is 1.37. The van der Waals surface area contributed by atoms with Gasteiger partial charge in [-0.05, 0) is 26.0 Å². The number of carbonyl (C=O) groups is 1. The van der Waals surface area contributed by atoms with Gasteiger partial charge in [-0.15, -0.1) is 0 Å². The fraction of sp³-hybridized carbons (Fsp3) is 0.500. The number of pyridine rings is 1. The summed E-state index contributed by atoms with van der Waals surface area (Å²) in [6, 6.07) is 3.20. The SMILES string of the molecule is CCOCC(C)Nc1nc(C(=O)OC)ccc1N. The zero-order valence-electron chi connectivity index (χ0n) is 10.9. The van der Waals surface area contributed by atoms with Crippen LogP contribution in [0.15, 0.2) is 12.1 Å². The fourth-order valence-corrected chi connectivity index (χ4v) is 1.37. The van der Waals surface area contributed by atoms with Crippen LogP contribution in [-0.2, 0) is 9.47 Å². The van der Waals surface area contributed by atoms with E-state index in [0.717, 1.165) is 0 Å². The summed E-state index contributed by atoms with van der Waals surface area (Å²) in [4.78, 5) is 15.5. The number of carbonyl (C=O) groups excluding carboxylic acids is 1. The highest BCUT2D eigenvalue weighted by Crippen LogP contribution is 2.17. The van der Waals surface area contributed by atoms with Crippen molar-refractivity contribution < 1.29 is 14.3 Å². The third kappa shape index (κ3) is 3.89. The molecule has 0 aliphatic carbocycles. The van der Waals surface area contributed by atoms with Crippen molar-refractivity contribution in [2.75, 3.05) is 31.4 Å². The van der Waals surface area contributed by atoms with Crippen LogP contribution in [0.4, 0.5) is 11.5 Å². The highest BCUT2D eigenvalue weighted by atomic mass is 16.5. The molecule has 0 saturated heterocycles. The van der Waals surface area contributed by atoms with Gasteiger partial charge in [-0.1, -0.05) is 0 Å². The first-order chi connectivity index (χ1) is 8.58. The summed E-state index contributed by atoms with van der Waals surface area (Å²) in [6.07, 6.45) is 0. The number of anilines is 2. The van der Waals surface area contributed by atoms with E-state index in [2.05, 4.69) is 15.0 Å². The molecule has 0 radical (unpaired) electrons. The van der Waals surface area contributed by atoms with Crippen molar-refractivity contribution in [1.29, 1.82) is 0 Å². The van der Waals surface area contributed by atoms with Crippen LogP contribution in [0.25, 0.3) is 0 Å². The lowest BCUT2D eigenvalue weighted by molar-refractivity contribution is 0.0594. The molecule has 0 aliphatic heterocycles. The predicted octanol–water partition coefficient (Wildman–Crippen LogP) is 1.29. The van der Waals surface area contributed by atoms with Gasteiger partial charge in [-0.3, -0.25) is 0 Å². The maximum absolute atomic E-state index is 11.4. The van der Waals surface area contributed by atoms with E-state index >= 15 is 0 Å². The van der Waals surface area contributed by atoms with E-state index in [0.29, 0.717) is 24.7 Å². The van der Waals surface area contributed by atoms with Crippen LogP contribution < -0.4 is 11.1 Å². The van der Waals surface area contributed by atoms with Gasteiger partial charge < -0.3 is 20.5 Å². The highest BCUT2D eigenvalue weighted by Gasteiger charge is 2.12. The molecule has 1 rings (SSSR count). The Morgan fingerprint density at radius 2 is 2.28 bits per heavy atom. The lowest BCUT2D eigenvalue weighted by Crippen LogP contribution is -2.23. The van der Waals surface area contributed by atoms with E-state index in [1.54, 1.807) is 6.07 Å². The minimum Gasteiger partial charge on any atom is -0.464 e. The van der Waals surface area contributed by atoms with E-state index in [-0.39, 0.29) is 11.7 Å². The van der Waals surface area contributed by atoms with Crippen molar-refractivity contribution in [3.05, 3.63) is 17.8 Å². The summed E-state index contributed by atoms with van der Waals surface area (Å²) in [5.41, 5.74) is 6.49. The van der Waals surface area contributed by atoms with Crippen molar-refractivity contribution in [2.45, 2.75) is 19.9 Å². The Balaban J connectivity index is 2.77. The molecule has 6 nitrogen and oxygen atoms in total. The Labute approximate surface area is 106 Å². The molecular weight excluding hydrogens is 234 g/mol. The standard InChI is InChI=1S/C12H19N3O3/c1-4-18-7-8(2)14-11-9(13)5-6-10(15-11)12(16)17-3/h5-6,8H,4,7,13H2,1-3H3,(H,14,15). The molecule has 100 valence electrons. The number of nitrogens with zero attached hydrogens (tertiary/aromatic N) is 1. The average molecular weight is 253 g/mol. The summed E-state index contributed by atoms with van der Waals surface area (Å²) in [5, 5.41) is 3.10. The second-order valence-corrected chi connectivity index (χ2v) is 3.83. The van der Waals surface area contributed by atoms with E-state index in [4.69, 9.17) is 10.5 Å². The van der Waals surface area contributed by atoms with Gasteiger partial charge in [-0.25, -0.2) is 9.78 Å². The number of methoxy groups -OCH3 is 1. The first-order valence-corrected chi connectivity index (χ1v) is 5.77. The molecule has 1 unspecified atom stereocenters. The van der Waals surface area contributed by atoms with Crippen molar-refractivity contribution in [3.8, 4) is 0 Å². The number of aromatic nitrogens is 1. The van der Waals surface area contributed by atoms with E-state index in [1.165, 1.54) is 13.2 Å². The third-order valence-electron chi connectivity index (χ3n) is 2.28. The quantitative estimate of drug-likeness (QED) is 0.743. The average Bonchev–Trinajstić information content (AvgIpc) is 2.38. The lowest BCUT2D eigenvalue weighted by atomic mass is 10.3. The van der Waals surface area contributed by atoms with Gasteiger partial charge in [0.1, 0.15) is 5.82 Å². The largest absolute Gasteiger partial charge is 0.464 e. The normalized spacial score (nSPS) is 11.9. The van der Waals surface area contributed by atoms with Crippen LogP contribution in [0.1, 0.15) is 24.3 Å².